The number of carbonyl (C=O) groups is 2. The van der Waals surface area contributed by atoms with Gasteiger partial charge in [0.15, 0.2) is 12.6 Å². The van der Waals surface area contributed by atoms with Gasteiger partial charge in [-0.1, -0.05) is 0 Å². The van der Waals surface area contributed by atoms with Crippen LogP contribution in [0.4, 0.5) is 0 Å². The van der Waals surface area contributed by atoms with Crippen molar-refractivity contribution in [2.45, 2.75) is 32.3 Å². The number of ketones is 1. The van der Waals surface area contributed by atoms with E-state index in [0.29, 0.717) is 26.4 Å². The van der Waals surface area contributed by atoms with E-state index >= 15 is 0 Å². The Morgan fingerprint density at radius 3 is 1.85 bits per heavy atom. The number of hydrogen-bond donors (Lipinski definition) is 0. The fraction of sp³-hybridized carbons (Fsp3) is 0.846. The number of ether oxygens (including phenoxy) is 5. The van der Waals surface area contributed by atoms with Crippen molar-refractivity contribution < 1.29 is 33.3 Å². The summed E-state index contributed by atoms with van der Waals surface area (Å²) >= 11 is 0. The van der Waals surface area contributed by atoms with Crippen molar-refractivity contribution in [1.29, 1.82) is 0 Å². The largest absolute Gasteiger partial charge is 0.469 e. The van der Waals surface area contributed by atoms with E-state index in [0.717, 1.165) is 0 Å². The van der Waals surface area contributed by atoms with Crippen molar-refractivity contribution in [1.82, 2.24) is 0 Å². The van der Waals surface area contributed by atoms with Crippen molar-refractivity contribution in [3.05, 3.63) is 0 Å². The predicted molar refractivity (Wildman–Crippen MR) is 65.7 cm³/mol. The molecular formula is C13H20O7. The van der Waals surface area contributed by atoms with Gasteiger partial charge in [0.2, 0.25) is 0 Å². The van der Waals surface area contributed by atoms with Crippen LogP contribution >= 0.6 is 0 Å². The highest BCUT2D eigenvalue weighted by Crippen LogP contribution is 2.31. The molecule has 7 nitrogen and oxygen atoms in total. The van der Waals surface area contributed by atoms with Gasteiger partial charge in [-0.25, -0.2) is 0 Å². The monoisotopic (exact) mass is 288 g/mol. The molecule has 20 heavy (non-hydrogen) atoms. The molecule has 2 fully saturated rings. The molecule has 0 atom stereocenters. The number of Topliss-reactive ketones (excluding diaryl/α,β-unsaturated/α-hetero) is 1. The first-order valence-corrected chi connectivity index (χ1v) is 6.56. The Labute approximate surface area is 117 Å². The number of hydrogen-bond acceptors (Lipinski definition) is 7. The van der Waals surface area contributed by atoms with Crippen molar-refractivity contribution in [2.24, 2.45) is 5.41 Å². The highest BCUT2D eigenvalue weighted by molar-refractivity contribution is 5.75. The van der Waals surface area contributed by atoms with Crippen LogP contribution in [-0.2, 0) is 33.3 Å². The molecule has 2 aliphatic heterocycles. The number of esters is 1. The third-order valence-electron chi connectivity index (χ3n) is 3.32. The second-order valence-corrected chi connectivity index (χ2v) is 5.29. The maximum absolute atomic E-state index is 11.1. The minimum absolute atomic E-state index is 0.0280. The summed E-state index contributed by atoms with van der Waals surface area (Å²) in [5.74, 6) is -0.344. The predicted octanol–water partition coefficient (Wildman–Crippen LogP) is 0.261. The molecule has 2 heterocycles. The Bertz CT molecular complexity index is 350. The summed E-state index contributed by atoms with van der Waals surface area (Å²) in [7, 11) is 1.32. The highest BCUT2D eigenvalue weighted by Gasteiger charge is 2.42. The molecule has 0 radical (unpaired) electrons. The second-order valence-electron chi connectivity index (χ2n) is 5.29. The Balaban J connectivity index is 1.76. The molecule has 0 amide bonds. The van der Waals surface area contributed by atoms with Crippen LogP contribution in [0.25, 0.3) is 0 Å². The van der Waals surface area contributed by atoms with Gasteiger partial charge in [-0.15, -0.1) is 0 Å². The molecule has 0 aromatic heterocycles. The summed E-state index contributed by atoms with van der Waals surface area (Å²) in [5.41, 5.74) is -0.361. The lowest BCUT2D eigenvalue weighted by Crippen LogP contribution is -2.52. The van der Waals surface area contributed by atoms with Crippen LogP contribution in [0.2, 0.25) is 0 Å². The third kappa shape index (κ3) is 3.99. The standard InChI is InChI=1S/C13H20O7/c1-9(14)3-11-17-5-13(6-18-11)7-19-12(20-8-13)4-10(15)16-2/h11-12H,3-8H2,1-2H3. The molecule has 0 aliphatic carbocycles. The van der Waals surface area contributed by atoms with E-state index in [9.17, 15) is 9.59 Å². The van der Waals surface area contributed by atoms with Gasteiger partial charge in [0, 0.05) is 0 Å². The van der Waals surface area contributed by atoms with Crippen molar-refractivity contribution in [2.75, 3.05) is 33.5 Å². The van der Waals surface area contributed by atoms with Crippen LogP contribution in [0.3, 0.4) is 0 Å². The van der Waals surface area contributed by atoms with E-state index < -0.39 is 12.6 Å². The Hall–Kier alpha value is -1.02. The summed E-state index contributed by atoms with van der Waals surface area (Å²) < 4.78 is 26.6. The van der Waals surface area contributed by atoms with Crippen LogP contribution in [-0.4, -0.2) is 57.9 Å². The number of methoxy groups -OCH3 is 1. The summed E-state index contributed by atoms with van der Waals surface area (Å²) in [6.07, 6.45) is -0.738. The lowest BCUT2D eigenvalue weighted by Gasteiger charge is -2.43. The third-order valence-corrected chi connectivity index (χ3v) is 3.32. The summed E-state index contributed by atoms with van der Waals surface area (Å²) in [5, 5.41) is 0. The average molecular weight is 288 g/mol. The molecule has 1 spiro atoms. The van der Waals surface area contributed by atoms with E-state index in [1.807, 2.05) is 0 Å². The zero-order valence-corrected chi connectivity index (χ0v) is 11.8. The van der Waals surface area contributed by atoms with Crippen molar-refractivity contribution in [3.8, 4) is 0 Å². The zero-order chi connectivity index (χ0) is 14.6. The van der Waals surface area contributed by atoms with Crippen molar-refractivity contribution in [3.63, 3.8) is 0 Å². The highest BCUT2D eigenvalue weighted by atomic mass is 16.7. The van der Waals surface area contributed by atoms with Crippen molar-refractivity contribution >= 4 is 11.8 Å². The van der Waals surface area contributed by atoms with E-state index in [-0.39, 0.29) is 30.0 Å². The topological polar surface area (TPSA) is 80.3 Å². The molecule has 0 bridgehead atoms. The average Bonchev–Trinajstić information content (AvgIpc) is 2.44. The lowest BCUT2D eigenvalue weighted by atomic mass is 9.90. The van der Waals surface area contributed by atoms with E-state index in [1.165, 1.54) is 14.0 Å². The van der Waals surface area contributed by atoms with Gasteiger partial charge in [-0.2, -0.15) is 0 Å². The zero-order valence-electron chi connectivity index (χ0n) is 11.8. The quantitative estimate of drug-likeness (QED) is 0.686. The Kier molecular flexibility index (Phi) is 5.09. The molecule has 0 aromatic rings. The van der Waals surface area contributed by atoms with Gasteiger partial charge in [0.1, 0.15) is 5.78 Å². The first-order valence-electron chi connectivity index (χ1n) is 6.56. The molecule has 0 aromatic carbocycles. The van der Waals surface area contributed by atoms with Gasteiger partial charge in [-0.3, -0.25) is 9.59 Å². The smallest absolute Gasteiger partial charge is 0.310 e. The molecule has 2 rings (SSSR count). The molecule has 2 saturated heterocycles. The Morgan fingerprint density at radius 1 is 1.00 bits per heavy atom. The molecule has 2 aliphatic rings. The maximum Gasteiger partial charge on any atom is 0.310 e. The van der Waals surface area contributed by atoms with Gasteiger partial charge in [0.25, 0.3) is 0 Å². The van der Waals surface area contributed by atoms with Crippen LogP contribution in [0.15, 0.2) is 0 Å². The minimum atomic E-state index is -0.581. The van der Waals surface area contributed by atoms with Crippen LogP contribution in [0.1, 0.15) is 19.8 Å². The van der Waals surface area contributed by atoms with Crippen LogP contribution in [0.5, 0.6) is 0 Å². The first kappa shape index (κ1) is 15.4. The number of rotatable bonds is 4. The van der Waals surface area contributed by atoms with Gasteiger partial charge < -0.3 is 23.7 Å². The summed E-state index contributed by atoms with van der Waals surface area (Å²) in [6.45, 7) is 3.11. The summed E-state index contributed by atoms with van der Waals surface area (Å²) in [4.78, 5) is 22.1. The molecule has 0 saturated carbocycles. The molecule has 7 heteroatoms. The van der Waals surface area contributed by atoms with E-state index in [1.54, 1.807) is 0 Å². The molecule has 0 unspecified atom stereocenters. The SMILES string of the molecule is COC(=O)CC1OCC2(COC(CC(C)=O)OC2)CO1. The minimum Gasteiger partial charge on any atom is -0.469 e. The van der Waals surface area contributed by atoms with Gasteiger partial charge >= 0.3 is 5.97 Å². The van der Waals surface area contributed by atoms with Crippen LogP contribution in [0, 0.1) is 5.41 Å². The molecular weight excluding hydrogens is 268 g/mol. The first-order chi connectivity index (χ1) is 9.53. The van der Waals surface area contributed by atoms with Gasteiger partial charge in [-0.05, 0) is 6.92 Å². The van der Waals surface area contributed by atoms with E-state index in [4.69, 9.17) is 18.9 Å². The fourth-order valence-electron chi connectivity index (χ4n) is 2.11. The fourth-order valence-corrected chi connectivity index (χ4v) is 2.11. The number of carbonyl (C=O) groups excluding carboxylic acids is 2. The summed E-state index contributed by atoms with van der Waals surface area (Å²) in [6, 6.07) is 0. The maximum atomic E-state index is 11.1. The van der Waals surface area contributed by atoms with Gasteiger partial charge in [0.05, 0.1) is 51.8 Å². The lowest BCUT2D eigenvalue weighted by molar-refractivity contribution is -0.301. The van der Waals surface area contributed by atoms with E-state index in [2.05, 4.69) is 4.74 Å². The molecule has 114 valence electrons. The van der Waals surface area contributed by atoms with Crippen LogP contribution < -0.4 is 0 Å². The Morgan fingerprint density at radius 2 is 1.45 bits per heavy atom. The normalized spacial score (nSPS) is 33.9. The molecule has 0 N–H and O–H groups in total. The second kappa shape index (κ2) is 6.62.